The van der Waals surface area contributed by atoms with Gasteiger partial charge in [0.25, 0.3) is 0 Å². The van der Waals surface area contributed by atoms with E-state index >= 15 is 0 Å². The number of nitrogens with two attached hydrogens (primary N) is 1. The fourth-order valence-corrected chi connectivity index (χ4v) is 2.06. The van der Waals surface area contributed by atoms with Crippen LogP contribution in [0.15, 0.2) is 24.3 Å². The van der Waals surface area contributed by atoms with E-state index < -0.39 is 0 Å². The van der Waals surface area contributed by atoms with Gasteiger partial charge < -0.3 is 11.1 Å². The lowest BCUT2D eigenvalue weighted by atomic mass is 10.1. The fourth-order valence-electron chi connectivity index (χ4n) is 2.06. The smallest absolute Gasteiger partial charge is 0.248 e. The Morgan fingerprint density at radius 2 is 1.89 bits per heavy atom. The number of nitrogens with one attached hydrogen (secondary N) is 1. The topological polar surface area (TPSA) is 55.1 Å². The van der Waals surface area contributed by atoms with Crippen molar-refractivity contribution in [2.75, 3.05) is 0 Å². The molecule has 0 heterocycles. The van der Waals surface area contributed by atoms with Gasteiger partial charge in [-0.05, 0) is 31.0 Å². The molecule has 3 heteroatoms. The molecule has 1 aromatic rings. The second-order valence-corrected chi connectivity index (χ2v) is 5.19. The number of hydrogen-bond donors (Lipinski definition) is 2. The standard InChI is InChI=1S/C16H26N2O/c1-3-4-5-6-7-13(2)18-12-14-8-10-15(11-9-14)16(17)19/h8-11,13,18H,3-7,12H2,1-2H3,(H2,17,19). The van der Waals surface area contributed by atoms with E-state index in [1.807, 2.05) is 12.1 Å². The lowest BCUT2D eigenvalue weighted by Gasteiger charge is -2.13. The first-order valence-corrected chi connectivity index (χ1v) is 7.25. The first-order chi connectivity index (χ1) is 9.13. The van der Waals surface area contributed by atoms with E-state index in [0.717, 1.165) is 6.54 Å². The number of primary amides is 1. The molecule has 1 aromatic carbocycles. The molecule has 3 nitrogen and oxygen atoms in total. The Labute approximate surface area is 116 Å². The summed E-state index contributed by atoms with van der Waals surface area (Å²) in [5.41, 5.74) is 6.96. The molecular weight excluding hydrogens is 236 g/mol. The van der Waals surface area contributed by atoms with E-state index in [4.69, 9.17) is 5.73 Å². The molecule has 0 bridgehead atoms. The summed E-state index contributed by atoms with van der Waals surface area (Å²) in [6, 6.07) is 8.01. The second kappa shape index (κ2) is 8.70. The van der Waals surface area contributed by atoms with Gasteiger partial charge in [0.15, 0.2) is 0 Å². The van der Waals surface area contributed by atoms with Gasteiger partial charge in [-0.15, -0.1) is 0 Å². The van der Waals surface area contributed by atoms with Crippen molar-refractivity contribution >= 4 is 5.91 Å². The zero-order valence-corrected chi connectivity index (χ0v) is 12.1. The van der Waals surface area contributed by atoms with Crippen LogP contribution in [0.25, 0.3) is 0 Å². The van der Waals surface area contributed by atoms with Crippen LogP contribution in [0.1, 0.15) is 61.9 Å². The lowest BCUT2D eigenvalue weighted by molar-refractivity contribution is 0.100. The van der Waals surface area contributed by atoms with Crippen molar-refractivity contribution in [1.29, 1.82) is 0 Å². The van der Waals surface area contributed by atoms with Gasteiger partial charge in [0, 0.05) is 18.2 Å². The molecule has 0 aromatic heterocycles. The van der Waals surface area contributed by atoms with Crippen LogP contribution in [0.4, 0.5) is 0 Å². The number of carbonyl (C=O) groups excluding carboxylic acids is 1. The summed E-state index contributed by atoms with van der Waals surface area (Å²) >= 11 is 0. The SMILES string of the molecule is CCCCCCC(C)NCc1ccc(C(N)=O)cc1. The molecule has 3 N–H and O–H groups in total. The number of hydrogen-bond acceptors (Lipinski definition) is 2. The van der Waals surface area contributed by atoms with Crippen LogP contribution in [-0.2, 0) is 6.54 Å². The van der Waals surface area contributed by atoms with Gasteiger partial charge in [0.2, 0.25) is 5.91 Å². The highest BCUT2D eigenvalue weighted by Gasteiger charge is 2.03. The molecule has 0 saturated carbocycles. The van der Waals surface area contributed by atoms with Crippen LogP contribution in [0.2, 0.25) is 0 Å². The van der Waals surface area contributed by atoms with Gasteiger partial charge in [-0.2, -0.15) is 0 Å². The molecular formula is C16H26N2O. The van der Waals surface area contributed by atoms with Crippen LogP contribution >= 0.6 is 0 Å². The minimum Gasteiger partial charge on any atom is -0.366 e. The molecule has 106 valence electrons. The van der Waals surface area contributed by atoms with Gasteiger partial charge in [0.05, 0.1) is 0 Å². The first-order valence-electron chi connectivity index (χ1n) is 7.25. The molecule has 1 unspecified atom stereocenters. The molecule has 0 radical (unpaired) electrons. The molecule has 1 rings (SSSR count). The van der Waals surface area contributed by atoms with E-state index in [-0.39, 0.29) is 5.91 Å². The third-order valence-electron chi connectivity index (χ3n) is 3.38. The van der Waals surface area contributed by atoms with Crippen molar-refractivity contribution in [2.45, 2.75) is 58.5 Å². The predicted molar refractivity (Wildman–Crippen MR) is 80.0 cm³/mol. The third-order valence-corrected chi connectivity index (χ3v) is 3.38. The average Bonchev–Trinajstić information content (AvgIpc) is 2.42. The van der Waals surface area contributed by atoms with Gasteiger partial charge in [-0.1, -0.05) is 44.7 Å². The molecule has 1 atom stereocenters. The summed E-state index contributed by atoms with van der Waals surface area (Å²) in [5.74, 6) is -0.371. The molecule has 0 aliphatic carbocycles. The number of carbonyl (C=O) groups is 1. The number of amides is 1. The van der Waals surface area contributed by atoms with Crippen molar-refractivity contribution in [1.82, 2.24) is 5.32 Å². The first kappa shape index (κ1) is 15.7. The minimum absolute atomic E-state index is 0.371. The van der Waals surface area contributed by atoms with Gasteiger partial charge in [-0.3, -0.25) is 4.79 Å². The predicted octanol–water partition coefficient (Wildman–Crippen LogP) is 3.23. The molecule has 0 fully saturated rings. The fraction of sp³-hybridized carbons (Fsp3) is 0.562. The maximum Gasteiger partial charge on any atom is 0.248 e. The van der Waals surface area contributed by atoms with Gasteiger partial charge >= 0.3 is 0 Å². The lowest BCUT2D eigenvalue weighted by Crippen LogP contribution is -2.25. The summed E-state index contributed by atoms with van der Waals surface area (Å²) in [6.45, 7) is 5.30. The maximum absolute atomic E-state index is 11.0. The quantitative estimate of drug-likeness (QED) is 0.671. The van der Waals surface area contributed by atoms with E-state index in [1.54, 1.807) is 12.1 Å². The highest BCUT2D eigenvalue weighted by Crippen LogP contribution is 2.07. The number of rotatable bonds is 9. The monoisotopic (exact) mass is 262 g/mol. The highest BCUT2D eigenvalue weighted by atomic mass is 16.1. The summed E-state index contributed by atoms with van der Waals surface area (Å²) in [6.07, 6.45) is 6.47. The zero-order chi connectivity index (χ0) is 14.1. The van der Waals surface area contributed by atoms with Gasteiger partial charge in [0.1, 0.15) is 0 Å². The second-order valence-electron chi connectivity index (χ2n) is 5.19. The Hall–Kier alpha value is -1.35. The van der Waals surface area contributed by atoms with Crippen LogP contribution in [-0.4, -0.2) is 11.9 Å². The number of unbranched alkanes of at least 4 members (excludes halogenated alkanes) is 3. The largest absolute Gasteiger partial charge is 0.366 e. The van der Waals surface area contributed by atoms with E-state index in [9.17, 15) is 4.79 Å². The van der Waals surface area contributed by atoms with Crippen molar-refractivity contribution in [3.63, 3.8) is 0 Å². The highest BCUT2D eigenvalue weighted by molar-refractivity contribution is 5.92. The van der Waals surface area contributed by atoms with Gasteiger partial charge in [-0.25, -0.2) is 0 Å². The van der Waals surface area contributed by atoms with E-state index in [0.29, 0.717) is 11.6 Å². The van der Waals surface area contributed by atoms with Crippen molar-refractivity contribution in [2.24, 2.45) is 5.73 Å². The van der Waals surface area contributed by atoms with Crippen LogP contribution in [0.5, 0.6) is 0 Å². The summed E-state index contributed by atoms with van der Waals surface area (Å²) in [5, 5.41) is 3.51. The van der Waals surface area contributed by atoms with Crippen molar-refractivity contribution in [3.05, 3.63) is 35.4 Å². The van der Waals surface area contributed by atoms with Crippen LogP contribution in [0.3, 0.4) is 0 Å². The molecule has 0 aliphatic heterocycles. The van der Waals surface area contributed by atoms with Crippen molar-refractivity contribution in [3.8, 4) is 0 Å². The Kier molecular flexibility index (Phi) is 7.19. The van der Waals surface area contributed by atoms with E-state index in [1.165, 1.54) is 37.7 Å². The summed E-state index contributed by atoms with van der Waals surface area (Å²) in [7, 11) is 0. The summed E-state index contributed by atoms with van der Waals surface area (Å²) in [4.78, 5) is 11.0. The molecule has 0 saturated heterocycles. The molecule has 0 spiro atoms. The third kappa shape index (κ3) is 6.39. The normalized spacial score (nSPS) is 12.3. The van der Waals surface area contributed by atoms with Crippen molar-refractivity contribution < 1.29 is 4.79 Å². The van der Waals surface area contributed by atoms with Crippen LogP contribution in [0, 0.1) is 0 Å². The summed E-state index contributed by atoms with van der Waals surface area (Å²) < 4.78 is 0. The van der Waals surface area contributed by atoms with Crippen LogP contribution < -0.4 is 11.1 Å². The maximum atomic E-state index is 11.0. The molecule has 19 heavy (non-hydrogen) atoms. The van der Waals surface area contributed by atoms with E-state index in [2.05, 4.69) is 19.2 Å². The Bertz CT molecular complexity index is 373. The Morgan fingerprint density at radius 1 is 1.21 bits per heavy atom. The molecule has 0 aliphatic rings. The Morgan fingerprint density at radius 3 is 2.47 bits per heavy atom. The Balaban J connectivity index is 2.25. The average molecular weight is 262 g/mol. The number of benzene rings is 1. The zero-order valence-electron chi connectivity index (χ0n) is 12.1. The molecule has 1 amide bonds. The minimum atomic E-state index is -0.371.